The van der Waals surface area contributed by atoms with Crippen LogP contribution in [0.1, 0.15) is 24.7 Å². The van der Waals surface area contributed by atoms with Gasteiger partial charge in [0.2, 0.25) is 5.91 Å². The minimum atomic E-state index is -0.292. The van der Waals surface area contributed by atoms with E-state index in [9.17, 15) is 4.79 Å². The van der Waals surface area contributed by atoms with Gasteiger partial charge in [0.05, 0.1) is 6.10 Å². The zero-order chi connectivity index (χ0) is 14.8. The third-order valence-electron chi connectivity index (χ3n) is 3.45. The molecule has 112 valence electrons. The molecule has 0 saturated carbocycles. The van der Waals surface area contributed by atoms with Crippen molar-refractivity contribution in [2.75, 3.05) is 13.1 Å². The van der Waals surface area contributed by atoms with Gasteiger partial charge in [-0.2, -0.15) is 10.1 Å². The van der Waals surface area contributed by atoms with Gasteiger partial charge in [-0.25, -0.2) is 0 Å². The third-order valence-corrected chi connectivity index (χ3v) is 3.45. The summed E-state index contributed by atoms with van der Waals surface area (Å²) in [6.45, 7) is 5.04. The molecule has 21 heavy (non-hydrogen) atoms. The minimum Gasteiger partial charge on any atom is -0.365 e. The van der Waals surface area contributed by atoms with Crippen molar-refractivity contribution < 1.29 is 14.1 Å². The summed E-state index contributed by atoms with van der Waals surface area (Å²) in [5.74, 6) is 1.10. The van der Waals surface area contributed by atoms with Crippen molar-refractivity contribution in [2.24, 2.45) is 0 Å². The molecule has 2 aromatic heterocycles. The Morgan fingerprint density at radius 2 is 2.38 bits per heavy atom. The fourth-order valence-electron chi connectivity index (χ4n) is 2.20. The first-order valence-corrected chi connectivity index (χ1v) is 6.82. The molecule has 1 fully saturated rings. The van der Waals surface area contributed by atoms with Crippen LogP contribution in [-0.2, 0) is 16.1 Å². The molecule has 1 unspecified atom stereocenters. The number of carbonyl (C=O) groups excluding carboxylic acids is 1. The first-order valence-electron chi connectivity index (χ1n) is 6.82. The van der Waals surface area contributed by atoms with Crippen LogP contribution in [0.5, 0.6) is 0 Å². The Hall–Kier alpha value is -2.22. The summed E-state index contributed by atoms with van der Waals surface area (Å²) in [7, 11) is 0. The summed E-state index contributed by atoms with van der Waals surface area (Å²) >= 11 is 0. The molecule has 0 bridgehead atoms. The fourth-order valence-corrected chi connectivity index (χ4v) is 2.20. The quantitative estimate of drug-likeness (QED) is 0.800. The second kappa shape index (κ2) is 5.65. The lowest BCUT2D eigenvalue weighted by molar-refractivity contribution is -0.149. The molecule has 1 saturated heterocycles. The van der Waals surface area contributed by atoms with Gasteiger partial charge in [-0.15, -0.1) is 0 Å². The molecule has 1 atom stereocenters. The SMILES string of the molecule is Cc1noc(COC2CN(C(=O)C(C)n3cccn3)C2)n1. The van der Waals surface area contributed by atoms with Crippen LogP contribution in [0.4, 0.5) is 0 Å². The molecule has 0 aliphatic carbocycles. The van der Waals surface area contributed by atoms with E-state index < -0.39 is 0 Å². The number of ether oxygens (including phenoxy) is 1. The number of hydrogen-bond donors (Lipinski definition) is 0. The van der Waals surface area contributed by atoms with Gasteiger partial charge in [-0.3, -0.25) is 9.48 Å². The van der Waals surface area contributed by atoms with Gasteiger partial charge in [-0.1, -0.05) is 5.16 Å². The number of likely N-dealkylation sites (tertiary alicyclic amines) is 1. The normalized spacial score (nSPS) is 16.8. The standard InChI is InChI=1S/C13H17N5O3/c1-9(18-5-3-4-14-18)13(19)17-6-11(7-17)20-8-12-15-10(2)16-21-12/h3-5,9,11H,6-8H2,1-2H3. The van der Waals surface area contributed by atoms with E-state index in [-0.39, 0.29) is 24.7 Å². The molecule has 1 aliphatic rings. The van der Waals surface area contributed by atoms with Crippen molar-refractivity contribution in [3.05, 3.63) is 30.2 Å². The Morgan fingerprint density at radius 1 is 1.57 bits per heavy atom. The number of carbonyl (C=O) groups is 1. The molecular formula is C13H17N5O3. The maximum Gasteiger partial charge on any atom is 0.252 e. The van der Waals surface area contributed by atoms with Crippen molar-refractivity contribution in [1.82, 2.24) is 24.8 Å². The van der Waals surface area contributed by atoms with E-state index in [1.807, 2.05) is 6.92 Å². The maximum absolute atomic E-state index is 12.2. The molecule has 0 radical (unpaired) electrons. The number of rotatable bonds is 5. The van der Waals surface area contributed by atoms with Crippen molar-refractivity contribution >= 4 is 5.91 Å². The minimum absolute atomic E-state index is 0.0194. The summed E-state index contributed by atoms with van der Waals surface area (Å²) in [5, 5.41) is 7.78. The number of aryl methyl sites for hydroxylation is 1. The Morgan fingerprint density at radius 3 is 3.00 bits per heavy atom. The van der Waals surface area contributed by atoms with Gasteiger partial charge in [-0.05, 0) is 19.9 Å². The molecule has 0 spiro atoms. The molecule has 8 nitrogen and oxygen atoms in total. The summed E-state index contributed by atoms with van der Waals surface area (Å²) in [6, 6.07) is 1.51. The molecular weight excluding hydrogens is 274 g/mol. The van der Waals surface area contributed by atoms with Crippen LogP contribution in [0.2, 0.25) is 0 Å². The monoisotopic (exact) mass is 291 g/mol. The van der Waals surface area contributed by atoms with E-state index in [1.165, 1.54) is 0 Å². The molecule has 1 aliphatic heterocycles. The van der Waals surface area contributed by atoms with Crippen LogP contribution in [0.3, 0.4) is 0 Å². The van der Waals surface area contributed by atoms with E-state index in [1.54, 1.807) is 35.0 Å². The molecule has 3 heterocycles. The van der Waals surface area contributed by atoms with E-state index in [2.05, 4.69) is 15.2 Å². The van der Waals surface area contributed by atoms with Crippen molar-refractivity contribution in [2.45, 2.75) is 32.6 Å². The Labute approximate surface area is 121 Å². The van der Waals surface area contributed by atoms with E-state index >= 15 is 0 Å². The van der Waals surface area contributed by atoms with Gasteiger partial charge in [0.1, 0.15) is 12.6 Å². The first kappa shape index (κ1) is 13.7. The van der Waals surface area contributed by atoms with E-state index in [0.29, 0.717) is 24.8 Å². The van der Waals surface area contributed by atoms with Crippen LogP contribution >= 0.6 is 0 Å². The zero-order valence-electron chi connectivity index (χ0n) is 12.0. The summed E-state index contributed by atoms with van der Waals surface area (Å²) in [5.41, 5.74) is 0. The molecule has 2 aromatic rings. The van der Waals surface area contributed by atoms with Gasteiger partial charge in [0.25, 0.3) is 5.89 Å². The lowest BCUT2D eigenvalue weighted by Gasteiger charge is -2.39. The summed E-state index contributed by atoms with van der Waals surface area (Å²) in [4.78, 5) is 18.0. The second-order valence-electron chi connectivity index (χ2n) is 5.07. The van der Waals surface area contributed by atoms with Crippen LogP contribution < -0.4 is 0 Å². The zero-order valence-corrected chi connectivity index (χ0v) is 12.0. The molecule has 0 N–H and O–H groups in total. The molecule has 8 heteroatoms. The van der Waals surface area contributed by atoms with Crippen LogP contribution in [0.15, 0.2) is 23.0 Å². The maximum atomic E-state index is 12.2. The Kier molecular flexibility index (Phi) is 3.70. The van der Waals surface area contributed by atoms with Crippen molar-refractivity contribution in [3.63, 3.8) is 0 Å². The number of hydrogen-bond acceptors (Lipinski definition) is 6. The van der Waals surface area contributed by atoms with Gasteiger partial charge >= 0.3 is 0 Å². The Bertz CT molecular complexity index is 603. The smallest absolute Gasteiger partial charge is 0.252 e. The summed E-state index contributed by atoms with van der Waals surface area (Å²) in [6.07, 6.45) is 3.47. The molecule has 1 amide bonds. The van der Waals surface area contributed by atoms with Crippen LogP contribution in [0, 0.1) is 6.92 Å². The Balaban J connectivity index is 1.44. The average molecular weight is 291 g/mol. The highest BCUT2D eigenvalue weighted by Gasteiger charge is 2.34. The van der Waals surface area contributed by atoms with E-state index in [0.717, 1.165) is 0 Å². The summed E-state index contributed by atoms with van der Waals surface area (Å²) < 4.78 is 12.2. The highest BCUT2D eigenvalue weighted by molar-refractivity contribution is 5.80. The fraction of sp³-hybridized carbons (Fsp3) is 0.538. The number of nitrogens with zero attached hydrogens (tertiary/aromatic N) is 5. The van der Waals surface area contributed by atoms with Gasteiger partial charge in [0.15, 0.2) is 5.82 Å². The highest BCUT2D eigenvalue weighted by Crippen LogP contribution is 2.18. The van der Waals surface area contributed by atoms with E-state index in [4.69, 9.17) is 9.26 Å². The molecule has 3 rings (SSSR count). The largest absolute Gasteiger partial charge is 0.365 e. The lowest BCUT2D eigenvalue weighted by Crippen LogP contribution is -2.56. The van der Waals surface area contributed by atoms with Gasteiger partial charge < -0.3 is 14.2 Å². The predicted octanol–water partition coefficient (Wildman–Crippen LogP) is 0.563. The molecule has 0 aromatic carbocycles. The highest BCUT2D eigenvalue weighted by atomic mass is 16.5. The topological polar surface area (TPSA) is 86.3 Å². The average Bonchev–Trinajstić information content (AvgIpc) is 3.07. The third kappa shape index (κ3) is 2.94. The first-order chi connectivity index (χ1) is 10.1. The number of amides is 1. The second-order valence-corrected chi connectivity index (χ2v) is 5.07. The number of aromatic nitrogens is 4. The lowest BCUT2D eigenvalue weighted by atomic mass is 10.1. The van der Waals surface area contributed by atoms with Crippen molar-refractivity contribution in [1.29, 1.82) is 0 Å². The predicted molar refractivity (Wildman–Crippen MR) is 71.1 cm³/mol. The van der Waals surface area contributed by atoms with Crippen LogP contribution in [0.25, 0.3) is 0 Å². The van der Waals surface area contributed by atoms with Crippen LogP contribution in [-0.4, -0.2) is 49.9 Å². The van der Waals surface area contributed by atoms with Crippen molar-refractivity contribution in [3.8, 4) is 0 Å². The van der Waals surface area contributed by atoms with Gasteiger partial charge in [0, 0.05) is 25.5 Å².